The van der Waals surface area contributed by atoms with E-state index in [1.165, 1.54) is 11.1 Å². The van der Waals surface area contributed by atoms with E-state index in [0.29, 0.717) is 32.3 Å². The summed E-state index contributed by atoms with van der Waals surface area (Å²) >= 11 is 6.51. The molecule has 1 aromatic rings. The van der Waals surface area contributed by atoms with Gasteiger partial charge in [0.1, 0.15) is 0 Å². The van der Waals surface area contributed by atoms with Crippen molar-refractivity contribution in [3.63, 3.8) is 0 Å². The molecule has 20 heavy (non-hydrogen) atoms. The summed E-state index contributed by atoms with van der Waals surface area (Å²) in [5.41, 5.74) is 2.68. The van der Waals surface area contributed by atoms with Crippen molar-refractivity contribution in [1.29, 1.82) is 0 Å². The van der Waals surface area contributed by atoms with Gasteiger partial charge in [-0.05, 0) is 29.9 Å². The summed E-state index contributed by atoms with van der Waals surface area (Å²) in [5.74, 6) is 0.489. The molecule has 0 aromatic heterocycles. The summed E-state index contributed by atoms with van der Waals surface area (Å²) in [6.45, 7) is 3.26. The molecular formula is C16H23ClO3. The van der Waals surface area contributed by atoms with Gasteiger partial charge in [-0.15, -0.1) is 11.6 Å². The lowest BCUT2D eigenvalue weighted by Gasteiger charge is -2.14. The number of hydrogen-bond donors (Lipinski definition) is 0. The number of ether oxygens (including phenoxy) is 3. The Morgan fingerprint density at radius 2 is 1.75 bits per heavy atom. The molecule has 1 aliphatic carbocycles. The standard InChI is InChI=1S/C16H23ClO3/c1-18-8-9-20-11-10-19-7-6-14-12-13-4-2-3-5-15(13)16(14)17/h2-5,14,16H,6-12H2,1H3. The second-order valence-electron chi connectivity index (χ2n) is 5.07. The predicted octanol–water partition coefficient (Wildman–Crippen LogP) is 3.21. The molecule has 0 bridgehead atoms. The van der Waals surface area contributed by atoms with Crippen molar-refractivity contribution in [3.05, 3.63) is 35.4 Å². The summed E-state index contributed by atoms with van der Waals surface area (Å²) in [6.07, 6.45) is 2.07. The molecule has 0 aliphatic heterocycles. The van der Waals surface area contributed by atoms with E-state index in [2.05, 4.69) is 24.3 Å². The van der Waals surface area contributed by atoms with Crippen LogP contribution < -0.4 is 0 Å². The Balaban J connectivity index is 1.58. The van der Waals surface area contributed by atoms with Crippen LogP contribution in [0.5, 0.6) is 0 Å². The highest BCUT2D eigenvalue weighted by molar-refractivity contribution is 6.21. The second-order valence-corrected chi connectivity index (χ2v) is 5.54. The van der Waals surface area contributed by atoms with Crippen LogP contribution in [0.25, 0.3) is 0 Å². The fourth-order valence-corrected chi connectivity index (χ4v) is 3.00. The lowest BCUT2D eigenvalue weighted by atomic mass is 10.0. The van der Waals surface area contributed by atoms with Crippen LogP contribution in [0.2, 0.25) is 0 Å². The van der Waals surface area contributed by atoms with Gasteiger partial charge in [-0.2, -0.15) is 0 Å². The molecule has 0 saturated carbocycles. The minimum absolute atomic E-state index is 0.132. The van der Waals surface area contributed by atoms with Gasteiger partial charge in [-0.1, -0.05) is 24.3 Å². The zero-order valence-corrected chi connectivity index (χ0v) is 12.8. The lowest BCUT2D eigenvalue weighted by molar-refractivity contribution is 0.0219. The molecule has 2 unspecified atom stereocenters. The van der Waals surface area contributed by atoms with E-state index in [1.54, 1.807) is 7.11 Å². The van der Waals surface area contributed by atoms with Crippen LogP contribution in [0.15, 0.2) is 24.3 Å². The van der Waals surface area contributed by atoms with Crippen LogP contribution in [0.3, 0.4) is 0 Å². The molecule has 1 aromatic carbocycles. The van der Waals surface area contributed by atoms with Gasteiger partial charge in [0.05, 0.1) is 31.8 Å². The number of alkyl halides is 1. The molecule has 0 saturated heterocycles. The smallest absolute Gasteiger partial charge is 0.0701 e. The van der Waals surface area contributed by atoms with E-state index in [1.807, 2.05) is 0 Å². The zero-order chi connectivity index (χ0) is 14.2. The molecule has 0 amide bonds. The molecule has 4 heteroatoms. The quantitative estimate of drug-likeness (QED) is 0.517. The highest BCUT2D eigenvalue weighted by atomic mass is 35.5. The third-order valence-corrected chi connectivity index (χ3v) is 4.28. The van der Waals surface area contributed by atoms with Crippen LogP contribution in [0.4, 0.5) is 0 Å². The first kappa shape index (κ1) is 15.8. The minimum atomic E-state index is 0.132. The minimum Gasteiger partial charge on any atom is -0.382 e. The average Bonchev–Trinajstić information content (AvgIpc) is 2.79. The van der Waals surface area contributed by atoms with E-state index in [-0.39, 0.29) is 5.38 Å². The molecule has 0 fully saturated rings. The van der Waals surface area contributed by atoms with Gasteiger partial charge in [0.25, 0.3) is 0 Å². The lowest BCUT2D eigenvalue weighted by Crippen LogP contribution is -2.11. The van der Waals surface area contributed by atoms with Crippen molar-refractivity contribution in [2.75, 3.05) is 40.1 Å². The van der Waals surface area contributed by atoms with Gasteiger partial charge in [-0.3, -0.25) is 0 Å². The Hall–Kier alpha value is -0.610. The number of hydrogen-bond acceptors (Lipinski definition) is 3. The van der Waals surface area contributed by atoms with Crippen LogP contribution in [0.1, 0.15) is 22.9 Å². The number of benzene rings is 1. The SMILES string of the molecule is COCCOCCOCCC1Cc2ccccc2C1Cl. The van der Waals surface area contributed by atoms with Crippen molar-refractivity contribution in [2.24, 2.45) is 5.92 Å². The van der Waals surface area contributed by atoms with Gasteiger partial charge < -0.3 is 14.2 Å². The molecule has 0 radical (unpaired) electrons. The van der Waals surface area contributed by atoms with Gasteiger partial charge >= 0.3 is 0 Å². The van der Waals surface area contributed by atoms with Gasteiger partial charge in [0.15, 0.2) is 0 Å². The predicted molar refractivity (Wildman–Crippen MR) is 80.4 cm³/mol. The van der Waals surface area contributed by atoms with Crippen LogP contribution in [-0.4, -0.2) is 40.1 Å². The van der Waals surface area contributed by atoms with E-state index in [4.69, 9.17) is 25.8 Å². The maximum atomic E-state index is 6.51. The fraction of sp³-hybridized carbons (Fsp3) is 0.625. The maximum Gasteiger partial charge on any atom is 0.0701 e. The highest BCUT2D eigenvalue weighted by Gasteiger charge is 2.29. The largest absolute Gasteiger partial charge is 0.382 e. The summed E-state index contributed by atoms with van der Waals surface area (Å²) in [4.78, 5) is 0. The van der Waals surface area contributed by atoms with Crippen LogP contribution >= 0.6 is 11.6 Å². The van der Waals surface area contributed by atoms with Crippen molar-refractivity contribution in [1.82, 2.24) is 0 Å². The molecule has 2 atom stereocenters. The molecule has 0 N–H and O–H groups in total. The Labute approximate surface area is 126 Å². The zero-order valence-electron chi connectivity index (χ0n) is 12.0. The molecule has 0 spiro atoms. The molecule has 3 nitrogen and oxygen atoms in total. The average molecular weight is 299 g/mol. The second kappa shape index (κ2) is 8.63. The summed E-state index contributed by atoms with van der Waals surface area (Å²) in [6, 6.07) is 8.45. The van der Waals surface area contributed by atoms with Crippen molar-refractivity contribution < 1.29 is 14.2 Å². The van der Waals surface area contributed by atoms with Gasteiger partial charge in [-0.25, -0.2) is 0 Å². The Kier molecular flexibility index (Phi) is 6.80. The van der Waals surface area contributed by atoms with Crippen molar-refractivity contribution >= 4 is 11.6 Å². The van der Waals surface area contributed by atoms with Crippen LogP contribution in [-0.2, 0) is 20.6 Å². The third kappa shape index (κ3) is 4.45. The third-order valence-electron chi connectivity index (χ3n) is 3.68. The van der Waals surface area contributed by atoms with Crippen molar-refractivity contribution in [2.45, 2.75) is 18.2 Å². The summed E-state index contributed by atoms with van der Waals surface area (Å²) < 4.78 is 15.8. The highest BCUT2D eigenvalue weighted by Crippen LogP contribution is 2.42. The maximum absolute atomic E-state index is 6.51. The van der Waals surface area contributed by atoms with Gasteiger partial charge in [0.2, 0.25) is 0 Å². The summed E-state index contributed by atoms with van der Waals surface area (Å²) in [7, 11) is 1.67. The van der Waals surface area contributed by atoms with E-state index < -0.39 is 0 Å². The van der Waals surface area contributed by atoms with E-state index in [9.17, 15) is 0 Å². The number of methoxy groups -OCH3 is 1. The Morgan fingerprint density at radius 3 is 2.50 bits per heavy atom. The van der Waals surface area contributed by atoms with Crippen LogP contribution in [0, 0.1) is 5.92 Å². The molecular weight excluding hydrogens is 276 g/mol. The Morgan fingerprint density at radius 1 is 1.05 bits per heavy atom. The number of fused-ring (bicyclic) bond motifs is 1. The van der Waals surface area contributed by atoms with E-state index >= 15 is 0 Å². The number of rotatable bonds is 9. The molecule has 1 aliphatic rings. The van der Waals surface area contributed by atoms with E-state index in [0.717, 1.165) is 19.4 Å². The molecule has 2 rings (SSSR count). The first-order valence-corrected chi connectivity index (χ1v) is 7.63. The normalized spacial score (nSPS) is 21.1. The first-order chi connectivity index (χ1) is 9.83. The van der Waals surface area contributed by atoms with Crippen molar-refractivity contribution in [3.8, 4) is 0 Å². The topological polar surface area (TPSA) is 27.7 Å². The first-order valence-electron chi connectivity index (χ1n) is 7.19. The van der Waals surface area contributed by atoms with Gasteiger partial charge in [0, 0.05) is 13.7 Å². The summed E-state index contributed by atoms with van der Waals surface area (Å²) in [5, 5.41) is 0.132. The molecule has 0 heterocycles. The molecule has 112 valence electrons. The fourth-order valence-electron chi connectivity index (χ4n) is 2.58. The monoisotopic (exact) mass is 298 g/mol. The Bertz CT molecular complexity index is 397. The number of halogens is 1.